The van der Waals surface area contributed by atoms with Crippen molar-refractivity contribution in [3.8, 4) is 5.75 Å². The fourth-order valence-electron chi connectivity index (χ4n) is 4.70. The molecule has 1 aliphatic carbocycles. The van der Waals surface area contributed by atoms with Crippen molar-refractivity contribution in [1.82, 2.24) is 20.0 Å². The number of rotatable bonds is 3. The van der Waals surface area contributed by atoms with Gasteiger partial charge in [-0.3, -0.25) is 14.8 Å². The first-order chi connectivity index (χ1) is 12.1. The van der Waals surface area contributed by atoms with Gasteiger partial charge in [0.15, 0.2) is 5.69 Å². The summed E-state index contributed by atoms with van der Waals surface area (Å²) in [7, 11) is 0. The van der Waals surface area contributed by atoms with Gasteiger partial charge in [0.2, 0.25) is 0 Å². The van der Waals surface area contributed by atoms with Gasteiger partial charge in [-0.25, -0.2) is 0 Å². The maximum absolute atomic E-state index is 13.1. The van der Waals surface area contributed by atoms with Crippen molar-refractivity contribution in [2.45, 2.75) is 37.5 Å². The van der Waals surface area contributed by atoms with E-state index < -0.39 is 6.61 Å². The summed E-state index contributed by atoms with van der Waals surface area (Å²) in [5, 5.41) is 7.50. The fourth-order valence-corrected chi connectivity index (χ4v) is 4.70. The molecule has 5 rings (SSSR count). The second-order valence-corrected chi connectivity index (χ2v) is 7.05. The zero-order valence-electron chi connectivity index (χ0n) is 13.5. The average Bonchev–Trinajstić information content (AvgIpc) is 2.92. The highest BCUT2D eigenvalue weighted by Crippen LogP contribution is 2.51. The van der Waals surface area contributed by atoms with Crippen LogP contribution in [-0.2, 0) is 0 Å². The summed E-state index contributed by atoms with van der Waals surface area (Å²) < 4.78 is 29.4. The van der Waals surface area contributed by atoms with E-state index in [-0.39, 0.29) is 28.9 Å². The van der Waals surface area contributed by atoms with Gasteiger partial charge in [-0.2, -0.15) is 13.9 Å². The molecule has 2 aliphatic heterocycles. The van der Waals surface area contributed by atoms with Crippen LogP contribution in [0.3, 0.4) is 0 Å². The van der Waals surface area contributed by atoms with E-state index in [0.717, 1.165) is 32.4 Å². The molecule has 132 valence electrons. The van der Waals surface area contributed by atoms with Crippen LogP contribution in [0, 0.1) is 0 Å². The molecule has 1 saturated carbocycles. The second kappa shape index (κ2) is 5.14. The number of hydrogen-bond acceptors (Lipinski definition) is 4. The van der Waals surface area contributed by atoms with E-state index in [2.05, 4.69) is 19.8 Å². The number of H-pyrrole nitrogens is 1. The summed E-state index contributed by atoms with van der Waals surface area (Å²) in [5.74, 6) is -0.0991. The molecule has 6 nitrogen and oxygen atoms in total. The fraction of sp³-hybridized carbons (Fsp3) is 0.529. The Kier molecular flexibility index (Phi) is 3.10. The number of aromatic nitrogens is 2. The predicted octanol–water partition coefficient (Wildman–Crippen LogP) is 2.23. The highest BCUT2D eigenvalue weighted by Gasteiger charge is 2.61. The number of nitrogens with zero attached hydrogens (tertiary/aromatic N) is 3. The van der Waals surface area contributed by atoms with Gasteiger partial charge in [-0.1, -0.05) is 0 Å². The number of piperazine rings is 1. The van der Waals surface area contributed by atoms with Crippen molar-refractivity contribution in [2.24, 2.45) is 0 Å². The Morgan fingerprint density at radius 2 is 2.20 bits per heavy atom. The Hall–Kier alpha value is -2.22. The van der Waals surface area contributed by atoms with Gasteiger partial charge in [0, 0.05) is 30.6 Å². The molecule has 1 spiro atoms. The quantitative estimate of drug-likeness (QED) is 0.924. The topological polar surface area (TPSA) is 61.5 Å². The van der Waals surface area contributed by atoms with Crippen LogP contribution in [0.5, 0.6) is 5.75 Å². The van der Waals surface area contributed by atoms with Gasteiger partial charge in [-0.15, -0.1) is 0 Å². The molecule has 1 aromatic carbocycles. The van der Waals surface area contributed by atoms with Crippen LogP contribution in [0.1, 0.15) is 29.8 Å². The Morgan fingerprint density at radius 3 is 2.88 bits per heavy atom. The monoisotopic (exact) mass is 348 g/mol. The number of halogens is 2. The molecule has 1 amide bonds. The molecule has 2 atom stereocenters. The van der Waals surface area contributed by atoms with Crippen molar-refractivity contribution in [3.05, 3.63) is 23.9 Å². The average molecular weight is 348 g/mol. The third-order valence-electron chi connectivity index (χ3n) is 6.13. The normalized spacial score (nSPS) is 28.3. The summed E-state index contributed by atoms with van der Waals surface area (Å²) in [5.41, 5.74) is 1.10. The van der Waals surface area contributed by atoms with Crippen molar-refractivity contribution >= 4 is 16.8 Å². The van der Waals surface area contributed by atoms with E-state index in [9.17, 15) is 13.6 Å². The smallest absolute Gasteiger partial charge is 0.387 e. The van der Waals surface area contributed by atoms with E-state index >= 15 is 0 Å². The number of alkyl halides is 2. The van der Waals surface area contributed by atoms with Gasteiger partial charge in [0.05, 0.1) is 11.6 Å². The van der Waals surface area contributed by atoms with Gasteiger partial charge < -0.3 is 9.64 Å². The minimum atomic E-state index is -2.90. The molecule has 1 aromatic heterocycles. The minimum absolute atomic E-state index is 0.0295. The van der Waals surface area contributed by atoms with E-state index in [1.807, 2.05) is 4.90 Å². The third kappa shape index (κ3) is 2.03. The second-order valence-electron chi connectivity index (χ2n) is 7.05. The SMILES string of the molecule is O=C(c1n[nH]c2ccc(OC(F)F)cc12)N1CCN2CCC23CCC13. The maximum atomic E-state index is 13.1. The summed E-state index contributed by atoms with van der Waals surface area (Å²) in [4.78, 5) is 17.5. The van der Waals surface area contributed by atoms with E-state index in [1.54, 1.807) is 6.07 Å². The number of hydrogen-bond donors (Lipinski definition) is 1. The molecule has 2 unspecified atom stereocenters. The molecule has 1 N–H and O–H groups in total. The van der Waals surface area contributed by atoms with E-state index in [1.165, 1.54) is 12.1 Å². The maximum Gasteiger partial charge on any atom is 0.387 e. The number of amides is 1. The number of ether oxygens (including phenoxy) is 1. The zero-order chi connectivity index (χ0) is 17.2. The van der Waals surface area contributed by atoms with Crippen LogP contribution in [-0.4, -0.2) is 63.7 Å². The Morgan fingerprint density at radius 1 is 1.32 bits per heavy atom. The lowest BCUT2D eigenvalue weighted by Gasteiger charge is -2.68. The molecular formula is C17H18F2N4O2. The van der Waals surface area contributed by atoms with Crippen LogP contribution >= 0.6 is 0 Å². The number of aromatic amines is 1. The number of benzene rings is 1. The summed E-state index contributed by atoms with van der Waals surface area (Å²) >= 11 is 0. The van der Waals surface area contributed by atoms with Gasteiger partial charge in [-0.05, 0) is 37.5 Å². The highest BCUT2D eigenvalue weighted by atomic mass is 19.3. The number of nitrogens with one attached hydrogen (secondary N) is 1. The number of carbonyl (C=O) groups is 1. The molecule has 3 aliphatic rings. The number of carbonyl (C=O) groups excluding carboxylic acids is 1. The summed E-state index contributed by atoms with van der Waals surface area (Å²) in [6, 6.07) is 4.74. The summed E-state index contributed by atoms with van der Waals surface area (Å²) in [6.07, 6.45) is 3.31. The van der Waals surface area contributed by atoms with Crippen LogP contribution in [0.4, 0.5) is 8.78 Å². The van der Waals surface area contributed by atoms with Crippen LogP contribution in [0.2, 0.25) is 0 Å². The molecule has 3 fully saturated rings. The van der Waals surface area contributed by atoms with Crippen molar-refractivity contribution < 1.29 is 18.3 Å². The van der Waals surface area contributed by atoms with Crippen LogP contribution in [0.15, 0.2) is 18.2 Å². The van der Waals surface area contributed by atoms with Crippen LogP contribution < -0.4 is 4.74 Å². The van der Waals surface area contributed by atoms with Crippen molar-refractivity contribution in [2.75, 3.05) is 19.6 Å². The minimum Gasteiger partial charge on any atom is -0.435 e. The largest absolute Gasteiger partial charge is 0.435 e. The lowest BCUT2D eigenvalue weighted by Crippen LogP contribution is -2.79. The zero-order valence-corrected chi connectivity index (χ0v) is 13.5. The Labute approximate surface area is 142 Å². The standard InChI is InChI=1S/C17H18F2N4O2/c18-16(19)25-10-1-2-12-11(9-10)14(21-20-12)15(24)23-8-7-22-6-5-17(22)4-3-13(17)23/h1-2,9,13,16H,3-8H2,(H,20,21). The highest BCUT2D eigenvalue weighted by molar-refractivity contribution is 6.05. The predicted molar refractivity (Wildman–Crippen MR) is 85.7 cm³/mol. The first kappa shape index (κ1) is 15.1. The number of fused-ring (bicyclic) bond motifs is 1. The molecule has 2 aromatic rings. The first-order valence-electron chi connectivity index (χ1n) is 8.57. The van der Waals surface area contributed by atoms with Gasteiger partial charge >= 0.3 is 6.61 Å². The van der Waals surface area contributed by atoms with Crippen molar-refractivity contribution in [1.29, 1.82) is 0 Å². The van der Waals surface area contributed by atoms with Crippen molar-refractivity contribution in [3.63, 3.8) is 0 Å². The third-order valence-corrected chi connectivity index (χ3v) is 6.13. The molecule has 0 radical (unpaired) electrons. The molecule has 2 saturated heterocycles. The van der Waals surface area contributed by atoms with E-state index in [4.69, 9.17) is 0 Å². The Balaban J connectivity index is 1.47. The molecular weight excluding hydrogens is 330 g/mol. The van der Waals surface area contributed by atoms with Crippen LogP contribution in [0.25, 0.3) is 10.9 Å². The molecule has 0 bridgehead atoms. The molecule has 8 heteroatoms. The first-order valence-corrected chi connectivity index (χ1v) is 8.57. The lowest BCUT2D eigenvalue weighted by atomic mass is 9.61. The summed E-state index contributed by atoms with van der Waals surface area (Å²) in [6.45, 7) is -0.194. The van der Waals surface area contributed by atoms with E-state index in [0.29, 0.717) is 17.4 Å². The molecule has 25 heavy (non-hydrogen) atoms. The Bertz CT molecular complexity index is 850. The molecule has 3 heterocycles. The lowest BCUT2D eigenvalue weighted by molar-refractivity contribution is -0.161. The van der Waals surface area contributed by atoms with Gasteiger partial charge in [0.1, 0.15) is 5.75 Å². The van der Waals surface area contributed by atoms with Gasteiger partial charge in [0.25, 0.3) is 5.91 Å².